The third-order valence-corrected chi connectivity index (χ3v) is 6.45. The number of hydrogen-bond donors (Lipinski definition) is 1. The van der Waals surface area contributed by atoms with Crippen LogP contribution in [0.25, 0.3) is 5.78 Å². The summed E-state index contributed by atoms with van der Waals surface area (Å²) in [5.41, 5.74) is 2.04. The maximum Gasteiger partial charge on any atom is 0.314 e. The van der Waals surface area contributed by atoms with Crippen LogP contribution in [-0.4, -0.2) is 64.9 Å². The number of carbonyl (C=O) groups is 2. The molecule has 0 spiro atoms. The van der Waals surface area contributed by atoms with E-state index in [0.29, 0.717) is 11.3 Å². The van der Waals surface area contributed by atoms with E-state index in [0.717, 1.165) is 15.7 Å². The van der Waals surface area contributed by atoms with Crippen molar-refractivity contribution in [3.05, 3.63) is 53.1 Å². The van der Waals surface area contributed by atoms with Crippen LogP contribution in [0.15, 0.2) is 35.2 Å². The Hall–Kier alpha value is -3.38. The van der Waals surface area contributed by atoms with E-state index in [1.165, 1.54) is 24.7 Å². The average molecular weight is 461 g/mol. The van der Waals surface area contributed by atoms with E-state index in [2.05, 4.69) is 20.4 Å². The van der Waals surface area contributed by atoms with Gasteiger partial charge in [0.2, 0.25) is 10.0 Å². The minimum absolute atomic E-state index is 0.0298. The van der Waals surface area contributed by atoms with Crippen molar-refractivity contribution in [1.29, 1.82) is 0 Å². The number of fused-ring (bicyclic) bond motifs is 1. The summed E-state index contributed by atoms with van der Waals surface area (Å²) >= 11 is 0. The third-order valence-electron chi connectivity index (χ3n) is 4.54. The number of nitrogens with one attached hydrogen (secondary N) is 1. The lowest BCUT2D eigenvalue weighted by Gasteiger charge is -2.15. The highest BCUT2D eigenvalue weighted by Gasteiger charge is 2.21. The summed E-state index contributed by atoms with van der Waals surface area (Å²) in [5, 5.41) is 6.78. The Kier molecular flexibility index (Phi) is 6.84. The lowest BCUT2D eigenvalue weighted by atomic mass is 10.2. The molecule has 3 aromatic rings. The Balaban J connectivity index is 1.55. The zero-order valence-electron chi connectivity index (χ0n) is 18.2. The van der Waals surface area contributed by atoms with Crippen molar-refractivity contribution in [2.24, 2.45) is 0 Å². The smallest absolute Gasteiger partial charge is 0.314 e. The van der Waals surface area contributed by atoms with Crippen LogP contribution >= 0.6 is 0 Å². The van der Waals surface area contributed by atoms with E-state index in [1.807, 2.05) is 19.9 Å². The standard InChI is InChI=1S/C20H24N6O5S/c1-13-9-14(2)26-20(22-13)23-17(24-26)10-19(28)31-12-18(27)21-11-15-7-5-6-8-16(15)32(29,30)25(3)4/h5-9H,10-12H2,1-4H3,(H,21,27). The van der Waals surface area contributed by atoms with E-state index in [4.69, 9.17) is 4.74 Å². The number of aromatic nitrogens is 4. The monoisotopic (exact) mass is 460 g/mol. The summed E-state index contributed by atoms with van der Waals surface area (Å²) in [6.07, 6.45) is -0.209. The van der Waals surface area contributed by atoms with Crippen LogP contribution in [0.5, 0.6) is 0 Å². The maximum atomic E-state index is 12.4. The fraction of sp³-hybridized carbons (Fsp3) is 0.350. The van der Waals surface area contributed by atoms with Crippen molar-refractivity contribution in [1.82, 2.24) is 29.2 Å². The van der Waals surface area contributed by atoms with Gasteiger partial charge in [0.15, 0.2) is 12.4 Å². The number of ether oxygens (including phenoxy) is 1. The summed E-state index contributed by atoms with van der Waals surface area (Å²) in [4.78, 5) is 32.7. The molecule has 1 N–H and O–H groups in total. The predicted octanol–water partition coefficient (Wildman–Crippen LogP) is 0.394. The first-order valence-electron chi connectivity index (χ1n) is 9.70. The molecule has 0 atom stereocenters. The van der Waals surface area contributed by atoms with Crippen LogP contribution in [0, 0.1) is 13.8 Å². The maximum absolute atomic E-state index is 12.4. The van der Waals surface area contributed by atoms with Gasteiger partial charge in [0, 0.05) is 32.0 Å². The van der Waals surface area contributed by atoms with Crippen LogP contribution < -0.4 is 5.32 Å². The lowest BCUT2D eigenvalue weighted by molar-refractivity contribution is -0.148. The van der Waals surface area contributed by atoms with Crippen LogP contribution in [0.1, 0.15) is 22.8 Å². The predicted molar refractivity (Wildman–Crippen MR) is 114 cm³/mol. The normalized spacial score (nSPS) is 11.7. The third kappa shape index (κ3) is 5.26. The average Bonchev–Trinajstić information content (AvgIpc) is 3.13. The van der Waals surface area contributed by atoms with E-state index >= 15 is 0 Å². The quantitative estimate of drug-likeness (QED) is 0.477. The Morgan fingerprint density at radius 3 is 2.59 bits per heavy atom. The zero-order chi connectivity index (χ0) is 23.5. The van der Waals surface area contributed by atoms with Gasteiger partial charge < -0.3 is 10.1 Å². The number of hydrogen-bond acceptors (Lipinski definition) is 8. The Bertz CT molecular complexity index is 1270. The van der Waals surface area contributed by atoms with Crippen LogP contribution in [-0.2, 0) is 37.3 Å². The molecule has 32 heavy (non-hydrogen) atoms. The van der Waals surface area contributed by atoms with E-state index in [9.17, 15) is 18.0 Å². The van der Waals surface area contributed by atoms with Crippen LogP contribution in [0.3, 0.4) is 0 Å². The molecule has 0 unspecified atom stereocenters. The fourth-order valence-electron chi connectivity index (χ4n) is 2.95. The molecule has 0 bridgehead atoms. The first kappa shape index (κ1) is 23.3. The van der Waals surface area contributed by atoms with Crippen LogP contribution in [0.4, 0.5) is 0 Å². The first-order chi connectivity index (χ1) is 15.1. The van der Waals surface area contributed by atoms with Gasteiger partial charge >= 0.3 is 5.97 Å². The van der Waals surface area contributed by atoms with E-state index < -0.39 is 28.5 Å². The molecular formula is C20H24N6O5S. The van der Waals surface area contributed by atoms with Crippen molar-refractivity contribution in [2.75, 3.05) is 20.7 Å². The number of carbonyl (C=O) groups excluding carboxylic acids is 2. The molecule has 0 saturated carbocycles. The number of esters is 1. The topological polar surface area (TPSA) is 136 Å². The SMILES string of the molecule is Cc1cc(C)n2nc(CC(=O)OCC(=O)NCc3ccccc3S(=O)(=O)N(C)C)nc2n1. The minimum atomic E-state index is -3.66. The summed E-state index contributed by atoms with van der Waals surface area (Å²) < 4.78 is 32.5. The minimum Gasteiger partial charge on any atom is -0.455 e. The van der Waals surface area contributed by atoms with Gasteiger partial charge in [-0.1, -0.05) is 18.2 Å². The second-order valence-electron chi connectivity index (χ2n) is 7.29. The van der Waals surface area contributed by atoms with Crippen LogP contribution in [0.2, 0.25) is 0 Å². The fourth-order valence-corrected chi connectivity index (χ4v) is 4.07. The molecule has 1 aromatic carbocycles. The van der Waals surface area contributed by atoms with Gasteiger partial charge in [0.25, 0.3) is 11.7 Å². The molecule has 170 valence electrons. The van der Waals surface area contributed by atoms with Crippen molar-refractivity contribution >= 4 is 27.7 Å². The second kappa shape index (κ2) is 9.40. The number of benzene rings is 1. The van der Waals surface area contributed by atoms with Crippen molar-refractivity contribution < 1.29 is 22.7 Å². The van der Waals surface area contributed by atoms with E-state index in [-0.39, 0.29) is 23.7 Å². The van der Waals surface area contributed by atoms with Gasteiger partial charge in [-0.2, -0.15) is 4.98 Å². The highest BCUT2D eigenvalue weighted by molar-refractivity contribution is 7.89. The van der Waals surface area contributed by atoms with Gasteiger partial charge in [0.05, 0.1) is 4.90 Å². The summed E-state index contributed by atoms with van der Waals surface area (Å²) in [7, 11) is -0.795. The molecule has 2 aromatic heterocycles. The van der Waals surface area contributed by atoms with Crippen molar-refractivity contribution in [3.8, 4) is 0 Å². The summed E-state index contributed by atoms with van der Waals surface area (Å²) in [6.45, 7) is 3.15. The van der Waals surface area contributed by atoms with Crippen molar-refractivity contribution in [3.63, 3.8) is 0 Å². The largest absolute Gasteiger partial charge is 0.455 e. The van der Waals surface area contributed by atoms with Gasteiger partial charge in [-0.25, -0.2) is 22.2 Å². The summed E-state index contributed by atoms with van der Waals surface area (Å²) in [6, 6.07) is 8.20. The Morgan fingerprint density at radius 2 is 1.88 bits per heavy atom. The molecule has 0 radical (unpaired) electrons. The lowest BCUT2D eigenvalue weighted by Crippen LogP contribution is -2.30. The van der Waals surface area contributed by atoms with Gasteiger partial charge in [-0.3, -0.25) is 9.59 Å². The number of sulfonamides is 1. The second-order valence-corrected chi connectivity index (χ2v) is 9.41. The summed E-state index contributed by atoms with van der Waals surface area (Å²) in [5.74, 6) is -0.610. The molecule has 12 heteroatoms. The molecule has 0 fully saturated rings. The van der Waals surface area contributed by atoms with Gasteiger partial charge in [-0.05, 0) is 31.5 Å². The molecule has 0 aliphatic heterocycles. The van der Waals surface area contributed by atoms with E-state index in [1.54, 1.807) is 18.2 Å². The van der Waals surface area contributed by atoms with Gasteiger partial charge in [-0.15, -0.1) is 5.10 Å². The molecule has 11 nitrogen and oxygen atoms in total. The molecule has 0 saturated heterocycles. The molecule has 1 amide bonds. The zero-order valence-corrected chi connectivity index (χ0v) is 19.0. The number of nitrogens with zero attached hydrogens (tertiary/aromatic N) is 5. The number of amides is 1. The Labute approximate surface area is 185 Å². The molecule has 0 aliphatic carbocycles. The molecule has 0 aliphatic rings. The van der Waals surface area contributed by atoms with Crippen molar-refractivity contribution in [2.45, 2.75) is 31.7 Å². The Morgan fingerprint density at radius 1 is 1.16 bits per heavy atom. The highest BCUT2D eigenvalue weighted by atomic mass is 32.2. The molecule has 2 heterocycles. The number of rotatable bonds is 8. The molecular weight excluding hydrogens is 436 g/mol. The first-order valence-corrected chi connectivity index (χ1v) is 11.1. The number of aryl methyl sites for hydroxylation is 2. The molecule has 3 rings (SSSR count). The van der Waals surface area contributed by atoms with Gasteiger partial charge in [0.1, 0.15) is 6.42 Å². The highest BCUT2D eigenvalue weighted by Crippen LogP contribution is 2.18.